The molecule has 0 unspecified atom stereocenters. The Hall–Kier alpha value is -2.47. The van der Waals surface area contributed by atoms with Crippen molar-refractivity contribution in [1.29, 1.82) is 0 Å². The second-order valence-electron chi connectivity index (χ2n) is 8.64. The number of amides is 1. The lowest BCUT2D eigenvalue weighted by Crippen LogP contribution is -2.32. The molecular weight excluding hydrogens is 374 g/mol. The molecule has 0 aliphatic carbocycles. The van der Waals surface area contributed by atoms with Gasteiger partial charge in [-0.05, 0) is 38.2 Å². The molecule has 162 valence electrons. The Labute approximate surface area is 180 Å². The average molecular weight is 410 g/mol. The number of allylic oxidation sites excluding steroid dienone is 2. The molecule has 0 fully saturated rings. The molecule has 0 radical (unpaired) electrons. The van der Waals surface area contributed by atoms with E-state index >= 15 is 0 Å². The van der Waals surface area contributed by atoms with Crippen LogP contribution in [-0.2, 0) is 30.7 Å². The summed E-state index contributed by atoms with van der Waals surface area (Å²) in [7, 11) is 0. The number of nitrogens with zero attached hydrogens (tertiary/aromatic N) is 4. The number of hydrogen-bond donors (Lipinski definition) is 1. The molecule has 0 spiro atoms. The standard InChI is InChI=1S/C24H35N5O/c1-19(2)8-7-9-20(3)18-28-13-12-22-26-27-23(29(22)15-14-28)17-25-24(30)16-21-10-5-4-6-11-21/h4-6,8,10-11,20H,7,9,12-18H2,1-3H3,(H,25,30)/t20-/m1/s1. The number of nitrogens with one attached hydrogen (secondary N) is 1. The molecule has 30 heavy (non-hydrogen) atoms. The maximum absolute atomic E-state index is 12.3. The van der Waals surface area contributed by atoms with Crippen LogP contribution in [-0.4, -0.2) is 45.2 Å². The van der Waals surface area contributed by atoms with E-state index in [1.165, 1.54) is 12.0 Å². The van der Waals surface area contributed by atoms with Crippen LogP contribution in [0.25, 0.3) is 0 Å². The first-order valence-electron chi connectivity index (χ1n) is 11.1. The molecule has 3 rings (SSSR count). The van der Waals surface area contributed by atoms with E-state index in [-0.39, 0.29) is 5.91 Å². The molecule has 1 aliphatic rings. The van der Waals surface area contributed by atoms with Crippen molar-refractivity contribution in [3.63, 3.8) is 0 Å². The Kier molecular flexibility index (Phi) is 8.20. The van der Waals surface area contributed by atoms with Crippen molar-refractivity contribution >= 4 is 5.91 Å². The van der Waals surface area contributed by atoms with Crippen LogP contribution in [0.4, 0.5) is 0 Å². The maximum Gasteiger partial charge on any atom is 0.224 e. The first kappa shape index (κ1) is 22.2. The van der Waals surface area contributed by atoms with E-state index in [1.54, 1.807) is 0 Å². The number of carbonyl (C=O) groups excluding carboxylic acids is 1. The van der Waals surface area contributed by atoms with Gasteiger partial charge in [0.2, 0.25) is 5.91 Å². The molecule has 0 saturated carbocycles. The summed E-state index contributed by atoms with van der Waals surface area (Å²) in [6.07, 6.45) is 6.02. The molecule has 2 heterocycles. The van der Waals surface area contributed by atoms with Crippen LogP contribution in [0.1, 0.15) is 50.8 Å². The average Bonchev–Trinajstić information content (AvgIpc) is 2.99. The van der Waals surface area contributed by atoms with Crippen molar-refractivity contribution in [2.24, 2.45) is 5.92 Å². The second kappa shape index (κ2) is 11.1. The van der Waals surface area contributed by atoms with Gasteiger partial charge >= 0.3 is 0 Å². The fourth-order valence-corrected chi connectivity index (χ4v) is 3.95. The first-order valence-corrected chi connectivity index (χ1v) is 11.1. The molecule has 0 saturated heterocycles. The Morgan fingerprint density at radius 2 is 1.97 bits per heavy atom. The third-order valence-electron chi connectivity index (χ3n) is 5.63. The van der Waals surface area contributed by atoms with E-state index in [0.717, 1.165) is 56.2 Å². The fourth-order valence-electron chi connectivity index (χ4n) is 3.95. The van der Waals surface area contributed by atoms with Gasteiger partial charge in [0.05, 0.1) is 13.0 Å². The van der Waals surface area contributed by atoms with E-state index in [1.807, 2.05) is 30.3 Å². The lowest BCUT2D eigenvalue weighted by Gasteiger charge is -2.23. The van der Waals surface area contributed by atoms with Crippen molar-refractivity contribution in [1.82, 2.24) is 25.0 Å². The zero-order valence-electron chi connectivity index (χ0n) is 18.6. The van der Waals surface area contributed by atoms with Crippen LogP contribution in [0, 0.1) is 5.92 Å². The normalized spacial score (nSPS) is 15.2. The third-order valence-corrected chi connectivity index (χ3v) is 5.63. The highest BCUT2D eigenvalue weighted by molar-refractivity contribution is 5.78. The monoisotopic (exact) mass is 409 g/mol. The Morgan fingerprint density at radius 1 is 1.17 bits per heavy atom. The predicted octanol–water partition coefficient (Wildman–Crippen LogP) is 3.38. The first-order chi connectivity index (χ1) is 14.5. The second-order valence-corrected chi connectivity index (χ2v) is 8.64. The van der Waals surface area contributed by atoms with Gasteiger partial charge in [-0.2, -0.15) is 0 Å². The predicted molar refractivity (Wildman–Crippen MR) is 120 cm³/mol. The van der Waals surface area contributed by atoms with Crippen molar-refractivity contribution in [3.8, 4) is 0 Å². The summed E-state index contributed by atoms with van der Waals surface area (Å²) in [5.74, 6) is 2.58. The van der Waals surface area contributed by atoms with Crippen LogP contribution in [0.15, 0.2) is 42.0 Å². The zero-order chi connectivity index (χ0) is 21.3. The smallest absolute Gasteiger partial charge is 0.224 e. The molecule has 2 aromatic rings. The summed E-state index contributed by atoms with van der Waals surface area (Å²) in [4.78, 5) is 14.8. The van der Waals surface area contributed by atoms with Crippen LogP contribution in [0.2, 0.25) is 0 Å². The van der Waals surface area contributed by atoms with E-state index in [9.17, 15) is 4.79 Å². The maximum atomic E-state index is 12.3. The van der Waals surface area contributed by atoms with Gasteiger partial charge in [-0.1, -0.05) is 48.9 Å². The highest BCUT2D eigenvalue weighted by Gasteiger charge is 2.20. The van der Waals surface area contributed by atoms with Gasteiger partial charge in [-0.3, -0.25) is 4.79 Å². The van der Waals surface area contributed by atoms with Crippen LogP contribution < -0.4 is 5.32 Å². The lowest BCUT2D eigenvalue weighted by molar-refractivity contribution is -0.120. The highest BCUT2D eigenvalue weighted by atomic mass is 16.1. The summed E-state index contributed by atoms with van der Waals surface area (Å²) < 4.78 is 2.19. The number of hydrogen-bond acceptors (Lipinski definition) is 4. The van der Waals surface area contributed by atoms with Gasteiger partial charge in [0, 0.05) is 32.6 Å². The van der Waals surface area contributed by atoms with E-state index in [0.29, 0.717) is 18.9 Å². The van der Waals surface area contributed by atoms with Crippen molar-refractivity contribution in [3.05, 3.63) is 59.2 Å². The van der Waals surface area contributed by atoms with Gasteiger partial charge in [-0.25, -0.2) is 0 Å². The van der Waals surface area contributed by atoms with Gasteiger partial charge in [0.25, 0.3) is 0 Å². The van der Waals surface area contributed by atoms with Gasteiger partial charge in [0.15, 0.2) is 5.82 Å². The number of fused-ring (bicyclic) bond motifs is 1. The Balaban J connectivity index is 1.47. The van der Waals surface area contributed by atoms with Gasteiger partial charge in [0.1, 0.15) is 5.82 Å². The fraction of sp³-hybridized carbons (Fsp3) is 0.542. The molecule has 6 heteroatoms. The number of aromatic nitrogens is 3. The molecule has 0 bridgehead atoms. The minimum atomic E-state index is 0.0130. The minimum absolute atomic E-state index is 0.0130. The van der Waals surface area contributed by atoms with E-state index in [2.05, 4.69) is 51.8 Å². The van der Waals surface area contributed by atoms with Crippen LogP contribution in [0.5, 0.6) is 0 Å². The quantitative estimate of drug-likeness (QED) is 0.645. The highest BCUT2D eigenvalue weighted by Crippen LogP contribution is 2.14. The van der Waals surface area contributed by atoms with Crippen LogP contribution >= 0.6 is 0 Å². The van der Waals surface area contributed by atoms with E-state index < -0.39 is 0 Å². The zero-order valence-corrected chi connectivity index (χ0v) is 18.6. The van der Waals surface area contributed by atoms with Gasteiger partial charge < -0.3 is 14.8 Å². The van der Waals surface area contributed by atoms with Crippen molar-refractivity contribution < 1.29 is 4.79 Å². The number of carbonyl (C=O) groups is 1. The molecule has 1 aliphatic heterocycles. The molecule has 6 nitrogen and oxygen atoms in total. The third kappa shape index (κ3) is 6.80. The largest absolute Gasteiger partial charge is 0.349 e. The molecule has 1 atom stereocenters. The summed E-state index contributed by atoms with van der Waals surface area (Å²) in [5.41, 5.74) is 2.42. The molecule has 1 N–H and O–H groups in total. The van der Waals surface area contributed by atoms with Gasteiger partial charge in [-0.15, -0.1) is 10.2 Å². The molecule has 1 aromatic carbocycles. The minimum Gasteiger partial charge on any atom is -0.349 e. The summed E-state index contributed by atoms with van der Waals surface area (Å²) in [6, 6.07) is 9.81. The summed E-state index contributed by atoms with van der Waals surface area (Å²) in [6.45, 7) is 11.1. The van der Waals surface area contributed by atoms with Crippen molar-refractivity contribution in [2.45, 2.75) is 59.5 Å². The lowest BCUT2D eigenvalue weighted by atomic mass is 10.0. The van der Waals surface area contributed by atoms with E-state index in [4.69, 9.17) is 0 Å². The molecular formula is C24H35N5O. The summed E-state index contributed by atoms with van der Waals surface area (Å²) >= 11 is 0. The molecule has 1 amide bonds. The SMILES string of the molecule is CC(C)=CCC[C@@H](C)CN1CCc2nnc(CNC(=O)Cc3ccccc3)n2CC1. The van der Waals surface area contributed by atoms with Crippen LogP contribution in [0.3, 0.4) is 0 Å². The molecule has 1 aromatic heterocycles. The van der Waals surface area contributed by atoms with Crippen molar-refractivity contribution in [2.75, 3.05) is 19.6 Å². The number of rotatable bonds is 9. The number of benzene rings is 1. The summed E-state index contributed by atoms with van der Waals surface area (Å²) in [5, 5.41) is 11.7. The Bertz CT molecular complexity index is 839. The Morgan fingerprint density at radius 3 is 2.73 bits per heavy atom. The topological polar surface area (TPSA) is 63.1 Å².